The van der Waals surface area contributed by atoms with E-state index in [2.05, 4.69) is 53.4 Å². The average molecular weight is 345 g/mol. The predicted octanol–water partition coefficient (Wildman–Crippen LogP) is 2.55. The standard InChI is InChI=1S/C20H32N4O/c1-14-5-9-19(10-6-14)25-16(3)12-22-20(21-4)23-17-11-15(2)24(13-17)18-7-8-18/h5-6,9-10,15-18H,7-8,11-13H2,1-4H3,(H2,21,22,23). The van der Waals surface area contributed by atoms with Crippen molar-refractivity contribution in [3.05, 3.63) is 29.8 Å². The van der Waals surface area contributed by atoms with Gasteiger partial charge in [0.15, 0.2) is 5.96 Å². The van der Waals surface area contributed by atoms with Gasteiger partial charge in [0.1, 0.15) is 11.9 Å². The highest BCUT2D eigenvalue weighted by atomic mass is 16.5. The van der Waals surface area contributed by atoms with Crippen molar-refractivity contribution in [1.82, 2.24) is 15.5 Å². The molecule has 3 atom stereocenters. The number of nitrogens with one attached hydrogen (secondary N) is 2. The van der Waals surface area contributed by atoms with Crippen LogP contribution in [0.15, 0.2) is 29.3 Å². The van der Waals surface area contributed by atoms with Crippen molar-refractivity contribution in [1.29, 1.82) is 0 Å². The molecule has 25 heavy (non-hydrogen) atoms. The van der Waals surface area contributed by atoms with Crippen LogP contribution in [0.25, 0.3) is 0 Å². The second kappa shape index (κ2) is 8.09. The molecule has 1 aromatic carbocycles. The van der Waals surface area contributed by atoms with E-state index in [1.54, 1.807) is 0 Å². The fourth-order valence-electron chi connectivity index (χ4n) is 3.60. The molecular weight excluding hydrogens is 312 g/mol. The molecule has 5 heteroatoms. The van der Waals surface area contributed by atoms with Crippen LogP contribution in [0, 0.1) is 6.92 Å². The number of hydrogen-bond donors (Lipinski definition) is 2. The van der Waals surface area contributed by atoms with E-state index in [1.165, 1.54) is 24.8 Å². The van der Waals surface area contributed by atoms with Crippen LogP contribution in [0.5, 0.6) is 5.75 Å². The second-order valence-electron chi connectivity index (χ2n) is 7.55. The van der Waals surface area contributed by atoms with E-state index in [-0.39, 0.29) is 6.10 Å². The first-order valence-corrected chi connectivity index (χ1v) is 9.51. The van der Waals surface area contributed by atoms with Crippen LogP contribution in [0.1, 0.15) is 38.7 Å². The highest BCUT2D eigenvalue weighted by Gasteiger charge is 2.38. The van der Waals surface area contributed by atoms with Gasteiger partial charge in [0.25, 0.3) is 0 Å². The quantitative estimate of drug-likeness (QED) is 0.615. The van der Waals surface area contributed by atoms with Gasteiger partial charge in [-0.25, -0.2) is 0 Å². The zero-order chi connectivity index (χ0) is 17.8. The smallest absolute Gasteiger partial charge is 0.191 e. The molecule has 1 saturated carbocycles. The molecule has 2 fully saturated rings. The SMILES string of the molecule is CN=C(NCC(C)Oc1ccc(C)cc1)NC1CC(C)N(C2CC2)C1. The number of rotatable bonds is 6. The van der Waals surface area contributed by atoms with Crippen LogP contribution in [0.3, 0.4) is 0 Å². The number of benzene rings is 1. The molecule has 1 heterocycles. The molecular formula is C20H32N4O. The van der Waals surface area contributed by atoms with E-state index in [1.807, 2.05) is 19.2 Å². The summed E-state index contributed by atoms with van der Waals surface area (Å²) in [4.78, 5) is 7.02. The van der Waals surface area contributed by atoms with Crippen molar-refractivity contribution < 1.29 is 4.74 Å². The molecule has 0 radical (unpaired) electrons. The third-order valence-corrected chi connectivity index (χ3v) is 5.12. The summed E-state index contributed by atoms with van der Waals surface area (Å²) in [5.41, 5.74) is 1.24. The van der Waals surface area contributed by atoms with Gasteiger partial charge in [0.2, 0.25) is 0 Å². The number of hydrogen-bond acceptors (Lipinski definition) is 3. The van der Waals surface area contributed by atoms with Gasteiger partial charge in [-0.3, -0.25) is 9.89 Å². The van der Waals surface area contributed by atoms with E-state index in [0.29, 0.717) is 12.1 Å². The van der Waals surface area contributed by atoms with Crippen LogP contribution in [-0.2, 0) is 0 Å². The van der Waals surface area contributed by atoms with Crippen molar-refractivity contribution >= 4 is 5.96 Å². The molecule has 3 rings (SSSR count). The van der Waals surface area contributed by atoms with E-state index in [9.17, 15) is 0 Å². The Hall–Kier alpha value is -1.75. The van der Waals surface area contributed by atoms with Gasteiger partial charge < -0.3 is 15.4 Å². The van der Waals surface area contributed by atoms with Gasteiger partial charge in [-0.05, 0) is 52.2 Å². The van der Waals surface area contributed by atoms with Crippen LogP contribution in [-0.4, -0.2) is 55.2 Å². The number of aryl methyl sites for hydroxylation is 1. The number of aliphatic imine (C=N–C) groups is 1. The maximum Gasteiger partial charge on any atom is 0.191 e. The summed E-state index contributed by atoms with van der Waals surface area (Å²) in [5.74, 6) is 1.78. The highest BCUT2D eigenvalue weighted by molar-refractivity contribution is 5.80. The topological polar surface area (TPSA) is 48.9 Å². The van der Waals surface area contributed by atoms with Gasteiger partial charge in [-0.15, -0.1) is 0 Å². The molecule has 1 aliphatic heterocycles. The molecule has 0 aromatic heterocycles. The Morgan fingerprint density at radius 1 is 1.32 bits per heavy atom. The van der Waals surface area contributed by atoms with E-state index in [0.717, 1.165) is 30.8 Å². The summed E-state index contributed by atoms with van der Waals surface area (Å²) in [6, 6.07) is 10.2. The number of likely N-dealkylation sites (tertiary alicyclic amines) is 1. The van der Waals surface area contributed by atoms with Crippen molar-refractivity contribution in [2.45, 2.75) is 64.3 Å². The van der Waals surface area contributed by atoms with Crippen molar-refractivity contribution in [2.75, 3.05) is 20.1 Å². The van der Waals surface area contributed by atoms with Crippen LogP contribution in [0.2, 0.25) is 0 Å². The Morgan fingerprint density at radius 2 is 2.04 bits per heavy atom. The van der Waals surface area contributed by atoms with E-state index in [4.69, 9.17) is 4.74 Å². The first-order chi connectivity index (χ1) is 12.0. The van der Waals surface area contributed by atoms with Crippen LogP contribution in [0.4, 0.5) is 0 Å². The molecule has 5 nitrogen and oxygen atoms in total. The molecule has 3 unspecified atom stereocenters. The Balaban J connectivity index is 1.42. The molecule has 1 aromatic rings. The monoisotopic (exact) mass is 344 g/mol. The third kappa shape index (κ3) is 5.11. The lowest BCUT2D eigenvalue weighted by Crippen LogP contribution is -2.47. The van der Waals surface area contributed by atoms with Crippen molar-refractivity contribution in [3.8, 4) is 5.75 Å². The van der Waals surface area contributed by atoms with Gasteiger partial charge in [0.05, 0.1) is 6.54 Å². The van der Waals surface area contributed by atoms with Crippen LogP contribution >= 0.6 is 0 Å². The lowest BCUT2D eigenvalue weighted by molar-refractivity contribution is 0.223. The minimum absolute atomic E-state index is 0.0757. The van der Waals surface area contributed by atoms with Gasteiger partial charge >= 0.3 is 0 Å². The first kappa shape index (κ1) is 18.1. The maximum atomic E-state index is 5.95. The minimum atomic E-state index is 0.0757. The van der Waals surface area contributed by atoms with Crippen molar-refractivity contribution in [2.24, 2.45) is 4.99 Å². The summed E-state index contributed by atoms with van der Waals surface area (Å²) in [6.45, 7) is 8.35. The molecule has 2 aliphatic rings. The van der Waals surface area contributed by atoms with Gasteiger partial charge in [0, 0.05) is 31.7 Å². The summed E-state index contributed by atoms with van der Waals surface area (Å²) < 4.78 is 5.95. The zero-order valence-corrected chi connectivity index (χ0v) is 16.0. The van der Waals surface area contributed by atoms with Gasteiger partial charge in [-0.1, -0.05) is 17.7 Å². The zero-order valence-electron chi connectivity index (χ0n) is 16.0. The maximum absolute atomic E-state index is 5.95. The fourth-order valence-corrected chi connectivity index (χ4v) is 3.60. The molecule has 0 amide bonds. The highest BCUT2D eigenvalue weighted by Crippen LogP contribution is 2.33. The molecule has 1 aliphatic carbocycles. The molecule has 0 spiro atoms. The number of nitrogens with zero attached hydrogens (tertiary/aromatic N) is 2. The summed E-state index contributed by atoms with van der Waals surface area (Å²) in [7, 11) is 1.83. The lowest BCUT2D eigenvalue weighted by atomic mass is 10.2. The molecule has 138 valence electrons. The Kier molecular flexibility index (Phi) is 5.84. The molecule has 0 bridgehead atoms. The minimum Gasteiger partial charge on any atom is -0.489 e. The fraction of sp³-hybridized carbons (Fsp3) is 0.650. The van der Waals surface area contributed by atoms with Crippen molar-refractivity contribution in [3.63, 3.8) is 0 Å². The normalized spacial score (nSPS) is 25.7. The third-order valence-electron chi connectivity index (χ3n) is 5.12. The lowest BCUT2D eigenvalue weighted by Gasteiger charge is -2.21. The first-order valence-electron chi connectivity index (χ1n) is 9.51. The number of guanidine groups is 1. The Labute approximate surface area is 151 Å². The number of ether oxygens (including phenoxy) is 1. The Morgan fingerprint density at radius 3 is 2.68 bits per heavy atom. The van der Waals surface area contributed by atoms with Crippen LogP contribution < -0.4 is 15.4 Å². The summed E-state index contributed by atoms with van der Waals surface area (Å²) >= 11 is 0. The Bertz CT molecular complexity index is 582. The largest absolute Gasteiger partial charge is 0.489 e. The van der Waals surface area contributed by atoms with E-state index < -0.39 is 0 Å². The molecule has 2 N–H and O–H groups in total. The van der Waals surface area contributed by atoms with Gasteiger partial charge in [-0.2, -0.15) is 0 Å². The summed E-state index contributed by atoms with van der Waals surface area (Å²) in [5, 5.41) is 6.97. The summed E-state index contributed by atoms with van der Waals surface area (Å²) in [6.07, 6.45) is 4.01. The molecule has 1 saturated heterocycles. The van der Waals surface area contributed by atoms with E-state index >= 15 is 0 Å². The predicted molar refractivity (Wildman–Crippen MR) is 103 cm³/mol. The second-order valence-corrected chi connectivity index (χ2v) is 7.55. The average Bonchev–Trinajstić information content (AvgIpc) is 3.37.